The van der Waals surface area contributed by atoms with Crippen LogP contribution in [-0.4, -0.2) is 24.2 Å². The number of nitrogens with two attached hydrogens (primary N) is 1. The number of nitrogen functional groups attached to an aromatic ring is 1. The maximum absolute atomic E-state index is 12.0. The summed E-state index contributed by atoms with van der Waals surface area (Å²) in [5.41, 5.74) is 7.10. The third-order valence-electron chi connectivity index (χ3n) is 3.37. The zero-order valence-corrected chi connectivity index (χ0v) is 13.1. The molecule has 1 unspecified atom stereocenters. The van der Waals surface area contributed by atoms with Crippen LogP contribution in [-0.2, 0) is 9.53 Å². The number of hydrogen-bond acceptors (Lipinski definition) is 4. The van der Waals surface area contributed by atoms with E-state index in [2.05, 4.69) is 5.32 Å². The molecule has 21 heavy (non-hydrogen) atoms. The summed E-state index contributed by atoms with van der Waals surface area (Å²) in [5, 5.41) is 3.01. The lowest BCUT2D eigenvalue weighted by atomic mass is 9.89. The summed E-state index contributed by atoms with van der Waals surface area (Å²) < 4.78 is 11.3. The molecule has 3 N–H and O–H groups in total. The Hall–Kier alpha value is -1.75. The Kier molecular flexibility index (Phi) is 4.42. The van der Waals surface area contributed by atoms with Gasteiger partial charge in [-0.2, -0.15) is 0 Å². The molecule has 0 aromatic heterocycles. The highest BCUT2D eigenvalue weighted by Gasteiger charge is 2.34. The second kappa shape index (κ2) is 5.93. The Morgan fingerprint density at radius 2 is 2.24 bits per heavy atom. The number of anilines is 1. The van der Waals surface area contributed by atoms with Crippen molar-refractivity contribution in [1.82, 2.24) is 5.32 Å². The third kappa shape index (κ3) is 4.11. The second-order valence-corrected chi connectivity index (χ2v) is 6.34. The molecule has 5 heteroatoms. The van der Waals surface area contributed by atoms with Gasteiger partial charge in [-0.1, -0.05) is 0 Å². The molecule has 0 aliphatic carbocycles. The van der Waals surface area contributed by atoms with Gasteiger partial charge in [-0.05, 0) is 45.9 Å². The number of ether oxygens (including phenoxy) is 2. The number of carbonyl (C=O) groups is 1. The Morgan fingerprint density at radius 1 is 1.52 bits per heavy atom. The zero-order chi connectivity index (χ0) is 15.6. The van der Waals surface area contributed by atoms with Crippen molar-refractivity contribution in [3.8, 4) is 5.75 Å². The van der Waals surface area contributed by atoms with Crippen molar-refractivity contribution in [2.24, 2.45) is 0 Å². The molecule has 5 nitrogen and oxygen atoms in total. The number of rotatable bonds is 4. The van der Waals surface area contributed by atoms with Crippen LogP contribution in [0, 0.1) is 0 Å². The summed E-state index contributed by atoms with van der Waals surface area (Å²) in [6.45, 7) is 7.89. The fourth-order valence-corrected chi connectivity index (χ4v) is 2.48. The Balaban J connectivity index is 2.15. The maximum Gasteiger partial charge on any atom is 0.246 e. The molecule has 1 aliphatic heterocycles. The molecule has 1 aromatic carbocycles. The van der Waals surface area contributed by atoms with Crippen molar-refractivity contribution in [1.29, 1.82) is 0 Å². The van der Waals surface area contributed by atoms with Crippen molar-refractivity contribution in [3.05, 3.63) is 23.8 Å². The van der Waals surface area contributed by atoms with Crippen LogP contribution in [0.5, 0.6) is 5.75 Å². The first-order chi connectivity index (χ1) is 9.77. The quantitative estimate of drug-likeness (QED) is 0.836. The van der Waals surface area contributed by atoms with Gasteiger partial charge in [0.05, 0.1) is 12.1 Å². The van der Waals surface area contributed by atoms with Gasteiger partial charge in [-0.25, -0.2) is 0 Å². The molecule has 0 spiro atoms. The van der Waals surface area contributed by atoms with Gasteiger partial charge in [0.2, 0.25) is 5.91 Å². The predicted molar refractivity (Wildman–Crippen MR) is 82.2 cm³/mol. The molecular weight excluding hydrogens is 268 g/mol. The molecule has 1 heterocycles. The molecule has 2 rings (SSSR count). The van der Waals surface area contributed by atoms with Gasteiger partial charge in [0.1, 0.15) is 18.0 Å². The summed E-state index contributed by atoms with van der Waals surface area (Å²) in [6, 6.07) is 5.41. The molecule has 0 bridgehead atoms. The topological polar surface area (TPSA) is 73.6 Å². The zero-order valence-electron chi connectivity index (χ0n) is 13.1. The van der Waals surface area contributed by atoms with Crippen LogP contribution < -0.4 is 15.8 Å². The van der Waals surface area contributed by atoms with E-state index in [0.29, 0.717) is 12.1 Å². The largest absolute Gasteiger partial charge is 0.487 e. The minimum atomic E-state index is -0.333. The lowest BCUT2D eigenvalue weighted by Crippen LogP contribution is -2.42. The Bertz CT molecular complexity index is 526. The number of hydrogen-bond donors (Lipinski definition) is 2. The van der Waals surface area contributed by atoms with Crippen molar-refractivity contribution in [2.75, 3.05) is 12.3 Å². The van der Waals surface area contributed by atoms with Gasteiger partial charge in [0.25, 0.3) is 0 Å². The van der Waals surface area contributed by atoms with Crippen LogP contribution in [0.15, 0.2) is 18.2 Å². The summed E-state index contributed by atoms with van der Waals surface area (Å²) in [4.78, 5) is 12.0. The first-order valence-corrected chi connectivity index (χ1v) is 7.26. The molecule has 0 radical (unpaired) electrons. The number of fused-ring (bicyclic) bond motifs is 1. The van der Waals surface area contributed by atoms with Gasteiger partial charge in [0, 0.05) is 17.7 Å². The number of amides is 1. The highest BCUT2D eigenvalue weighted by Crippen LogP contribution is 2.40. The monoisotopic (exact) mass is 292 g/mol. The molecule has 0 saturated heterocycles. The van der Waals surface area contributed by atoms with E-state index in [1.54, 1.807) is 6.07 Å². The van der Waals surface area contributed by atoms with E-state index in [1.165, 1.54) is 0 Å². The third-order valence-corrected chi connectivity index (χ3v) is 3.37. The van der Waals surface area contributed by atoms with E-state index in [1.807, 2.05) is 39.8 Å². The van der Waals surface area contributed by atoms with Crippen LogP contribution in [0.4, 0.5) is 5.69 Å². The van der Waals surface area contributed by atoms with Crippen LogP contribution in [0.2, 0.25) is 0 Å². The average Bonchev–Trinajstić information content (AvgIpc) is 2.36. The van der Waals surface area contributed by atoms with Crippen LogP contribution >= 0.6 is 0 Å². The molecule has 116 valence electrons. The Labute approximate surface area is 125 Å². The Morgan fingerprint density at radius 3 is 2.90 bits per heavy atom. The molecule has 1 atom stereocenters. The average molecular weight is 292 g/mol. The summed E-state index contributed by atoms with van der Waals surface area (Å²) in [5.74, 6) is 0.648. The normalized spacial score (nSPS) is 19.8. The summed E-state index contributed by atoms with van der Waals surface area (Å²) in [6.07, 6.45) is 0.724. The highest BCUT2D eigenvalue weighted by atomic mass is 16.5. The van der Waals surface area contributed by atoms with Crippen molar-refractivity contribution in [2.45, 2.75) is 51.9 Å². The molecule has 1 amide bonds. The van der Waals surface area contributed by atoms with Crippen LogP contribution in [0.25, 0.3) is 0 Å². The van der Waals surface area contributed by atoms with E-state index in [0.717, 1.165) is 11.3 Å². The van der Waals surface area contributed by atoms with Crippen LogP contribution in [0.3, 0.4) is 0 Å². The van der Waals surface area contributed by atoms with E-state index in [4.69, 9.17) is 15.2 Å². The first-order valence-electron chi connectivity index (χ1n) is 7.26. The van der Waals surface area contributed by atoms with E-state index < -0.39 is 0 Å². The fourth-order valence-electron chi connectivity index (χ4n) is 2.48. The molecule has 1 aliphatic rings. The van der Waals surface area contributed by atoms with Gasteiger partial charge in [-0.3, -0.25) is 4.79 Å². The standard InChI is InChI=1S/C16H24N2O3/c1-10(2)20-9-15(19)18-13-8-16(3,4)21-14-6-5-11(17)7-12(13)14/h5-7,10,13H,8-9,17H2,1-4H3,(H,18,19). The van der Waals surface area contributed by atoms with Crippen molar-refractivity contribution < 1.29 is 14.3 Å². The maximum atomic E-state index is 12.0. The molecule has 0 saturated carbocycles. The summed E-state index contributed by atoms with van der Waals surface area (Å²) >= 11 is 0. The van der Waals surface area contributed by atoms with Gasteiger partial charge < -0.3 is 20.5 Å². The van der Waals surface area contributed by atoms with Crippen molar-refractivity contribution in [3.63, 3.8) is 0 Å². The number of nitrogens with one attached hydrogen (secondary N) is 1. The smallest absolute Gasteiger partial charge is 0.246 e. The van der Waals surface area contributed by atoms with Crippen LogP contribution in [0.1, 0.15) is 45.7 Å². The first kappa shape index (κ1) is 15.6. The van der Waals surface area contributed by atoms with E-state index >= 15 is 0 Å². The lowest BCUT2D eigenvalue weighted by molar-refractivity contribution is -0.128. The van der Waals surface area contributed by atoms with E-state index in [9.17, 15) is 4.79 Å². The number of carbonyl (C=O) groups excluding carboxylic acids is 1. The molecule has 0 fully saturated rings. The SMILES string of the molecule is CC(C)OCC(=O)NC1CC(C)(C)Oc2ccc(N)cc21. The fraction of sp³-hybridized carbons (Fsp3) is 0.562. The van der Waals surface area contributed by atoms with Gasteiger partial charge in [-0.15, -0.1) is 0 Å². The minimum absolute atomic E-state index is 0.0322. The van der Waals surface area contributed by atoms with Crippen molar-refractivity contribution >= 4 is 11.6 Å². The summed E-state index contributed by atoms with van der Waals surface area (Å²) in [7, 11) is 0. The molecular formula is C16H24N2O3. The molecule has 1 aromatic rings. The minimum Gasteiger partial charge on any atom is -0.487 e. The lowest BCUT2D eigenvalue weighted by Gasteiger charge is -2.38. The second-order valence-electron chi connectivity index (χ2n) is 6.34. The van der Waals surface area contributed by atoms with E-state index in [-0.39, 0.29) is 30.3 Å². The van der Waals surface area contributed by atoms with Gasteiger partial charge >= 0.3 is 0 Å². The number of benzene rings is 1. The highest BCUT2D eigenvalue weighted by molar-refractivity contribution is 5.78. The predicted octanol–water partition coefficient (Wildman–Crippen LogP) is 2.41. The van der Waals surface area contributed by atoms with Gasteiger partial charge in [0.15, 0.2) is 0 Å².